The van der Waals surface area contributed by atoms with Gasteiger partial charge in [-0.2, -0.15) is 4.98 Å². The SMILES string of the molecule is CCc1cc(-c2ccc(NS(=O)(=O)c3ccccc3C)nc2OC)cc2cnc(NC3CCC(NC(=O)O)CC3)nc12. The minimum Gasteiger partial charge on any atom is -0.480 e. The lowest BCUT2D eigenvalue weighted by Crippen LogP contribution is -2.39. The number of hydrogen-bond acceptors (Lipinski definition) is 8. The summed E-state index contributed by atoms with van der Waals surface area (Å²) in [6.07, 6.45) is 4.73. The third-order valence-electron chi connectivity index (χ3n) is 7.52. The molecule has 0 atom stereocenters. The lowest BCUT2D eigenvalue weighted by atomic mass is 9.91. The molecular formula is C30H34N6O5S. The van der Waals surface area contributed by atoms with Crippen molar-refractivity contribution in [1.29, 1.82) is 0 Å². The fourth-order valence-corrected chi connectivity index (χ4v) is 6.62. The third kappa shape index (κ3) is 6.38. The molecule has 12 heteroatoms. The molecule has 5 rings (SSSR count). The van der Waals surface area contributed by atoms with Crippen molar-refractivity contribution in [2.24, 2.45) is 0 Å². The number of hydrogen-bond donors (Lipinski definition) is 4. The van der Waals surface area contributed by atoms with Gasteiger partial charge in [-0.15, -0.1) is 0 Å². The molecule has 1 aliphatic rings. The van der Waals surface area contributed by atoms with Crippen molar-refractivity contribution in [1.82, 2.24) is 20.3 Å². The van der Waals surface area contributed by atoms with Crippen LogP contribution in [0.4, 0.5) is 16.6 Å². The number of benzene rings is 2. The average Bonchev–Trinajstić information content (AvgIpc) is 2.97. The van der Waals surface area contributed by atoms with Gasteiger partial charge in [0.15, 0.2) is 0 Å². The number of anilines is 2. The molecule has 42 heavy (non-hydrogen) atoms. The molecule has 4 aromatic rings. The predicted molar refractivity (Wildman–Crippen MR) is 162 cm³/mol. The van der Waals surface area contributed by atoms with E-state index >= 15 is 0 Å². The summed E-state index contributed by atoms with van der Waals surface area (Å²) in [4.78, 5) is 24.9. The number of aryl methyl sites for hydroxylation is 2. The Hall–Kier alpha value is -4.45. The normalized spacial score (nSPS) is 17.0. The van der Waals surface area contributed by atoms with Crippen LogP contribution in [0.15, 0.2) is 59.6 Å². The highest BCUT2D eigenvalue weighted by Crippen LogP contribution is 2.34. The van der Waals surface area contributed by atoms with Crippen molar-refractivity contribution in [3.63, 3.8) is 0 Å². The molecule has 0 aliphatic heterocycles. The second-order valence-corrected chi connectivity index (χ2v) is 12.0. The molecule has 2 aromatic heterocycles. The Kier molecular flexibility index (Phi) is 8.44. The second-order valence-electron chi connectivity index (χ2n) is 10.4. The quantitative estimate of drug-likeness (QED) is 0.201. The third-order valence-corrected chi connectivity index (χ3v) is 9.03. The smallest absolute Gasteiger partial charge is 0.404 e. The van der Waals surface area contributed by atoms with Gasteiger partial charge in [0.2, 0.25) is 11.8 Å². The number of fused-ring (bicyclic) bond motifs is 1. The van der Waals surface area contributed by atoms with E-state index in [1.165, 1.54) is 7.11 Å². The molecule has 220 valence electrons. The Bertz CT molecular complexity index is 1720. The van der Waals surface area contributed by atoms with E-state index in [-0.39, 0.29) is 28.7 Å². The monoisotopic (exact) mass is 590 g/mol. The first-order valence-electron chi connectivity index (χ1n) is 13.9. The summed E-state index contributed by atoms with van der Waals surface area (Å²) >= 11 is 0. The van der Waals surface area contributed by atoms with Crippen LogP contribution in [0.25, 0.3) is 22.0 Å². The number of pyridine rings is 1. The van der Waals surface area contributed by atoms with Gasteiger partial charge in [0.1, 0.15) is 5.82 Å². The molecule has 0 spiro atoms. The fourth-order valence-electron chi connectivity index (χ4n) is 5.38. The Morgan fingerprint density at radius 2 is 1.79 bits per heavy atom. The van der Waals surface area contributed by atoms with Crippen LogP contribution < -0.4 is 20.1 Å². The summed E-state index contributed by atoms with van der Waals surface area (Å²) in [5.74, 6) is 0.986. The van der Waals surface area contributed by atoms with Gasteiger partial charge in [-0.05, 0) is 86.1 Å². The number of aromatic nitrogens is 3. The van der Waals surface area contributed by atoms with E-state index in [0.717, 1.165) is 54.1 Å². The Morgan fingerprint density at radius 1 is 1.05 bits per heavy atom. The first-order valence-corrected chi connectivity index (χ1v) is 15.3. The summed E-state index contributed by atoms with van der Waals surface area (Å²) in [6.45, 7) is 3.80. The number of amides is 1. The van der Waals surface area contributed by atoms with Crippen LogP contribution in [0.1, 0.15) is 43.7 Å². The highest BCUT2D eigenvalue weighted by Gasteiger charge is 2.23. The first-order chi connectivity index (χ1) is 20.2. The molecule has 0 bridgehead atoms. The van der Waals surface area contributed by atoms with E-state index in [1.54, 1.807) is 49.5 Å². The molecule has 0 radical (unpaired) electrons. The highest BCUT2D eigenvalue weighted by atomic mass is 32.2. The van der Waals surface area contributed by atoms with Crippen molar-refractivity contribution >= 4 is 38.8 Å². The van der Waals surface area contributed by atoms with Gasteiger partial charge in [0.25, 0.3) is 10.0 Å². The van der Waals surface area contributed by atoms with Crippen LogP contribution in [0.3, 0.4) is 0 Å². The molecule has 2 aromatic carbocycles. The van der Waals surface area contributed by atoms with Crippen LogP contribution in [0.2, 0.25) is 0 Å². The van der Waals surface area contributed by atoms with Crippen molar-refractivity contribution in [2.75, 3.05) is 17.1 Å². The van der Waals surface area contributed by atoms with Crippen molar-refractivity contribution in [3.8, 4) is 17.0 Å². The van der Waals surface area contributed by atoms with Gasteiger partial charge in [0, 0.05) is 29.2 Å². The van der Waals surface area contributed by atoms with Gasteiger partial charge in [-0.25, -0.2) is 23.2 Å². The molecule has 0 unspecified atom stereocenters. The lowest BCUT2D eigenvalue weighted by Gasteiger charge is -2.28. The van der Waals surface area contributed by atoms with E-state index in [4.69, 9.17) is 14.8 Å². The van der Waals surface area contributed by atoms with Gasteiger partial charge in [-0.1, -0.05) is 25.1 Å². The molecule has 1 fully saturated rings. The van der Waals surface area contributed by atoms with E-state index in [2.05, 4.69) is 32.2 Å². The van der Waals surface area contributed by atoms with Gasteiger partial charge in [-0.3, -0.25) is 4.72 Å². The minimum absolute atomic E-state index is 0.0167. The fraction of sp³-hybridized carbons (Fsp3) is 0.333. The number of nitrogens with zero attached hydrogens (tertiary/aromatic N) is 3. The summed E-state index contributed by atoms with van der Waals surface area (Å²) in [7, 11) is -2.33. The first kappa shape index (κ1) is 29.1. The number of sulfonamides is 1. The van der Waals surface area contributed by atoms with Gasteiger partial charge in [0.05, 0.1) is 17.5 Å². The molecule has 11 nitrogen and oxygen atoms in total. The topological polar surface area (TPSA) is 155 Å². The summed E-state index contributed by atoms with van der Waals surface area (Å²) < 4.78 is 34.1. The maximum Gasteiger partial charge on any atom is 0.404 e. The number of carboxylic acid groups (broad SMARTS) is 1. The summed E-state index contributed by atoms with van der Waals surface area (Å²) in [5.41, 5.74) is 4.06. The molecule has 2 heterocycles. The second kappa shape index (κ2) is 12.2. The predicted octanol–water partition coefficient (Wildman–Crippen LogP) is 5.36. The number of carbonyl (C=O) groups is 1. The zero-order valence-corrected chi connectivity index (χ0v) is 24.5. The maximum atomic E-state index is 13.0. The summed E-state index contributed by atoms with van der Waals surface area (Å²) in [6, 6.07) is 14.3. The Labute approximate surface area is 244 Å². The Balaban J connectivity index is 1.38. The zero-order valence-electron chi connectivity index (χ0n) is 23.7. The lowest BCUT2D eigenvalue weighted by molar-refractivity contribution is 0.185. The Morgan fingerprint density at radius 3 is 2.48 bits per heavy atom. The van der Waals surface area contributed by atoms with Crippen molar-refractivity contribution in [3.05, 3.63) is 65.9 Å². The molecule has 4 N–H and O–H groups in total. The average molecular weight is 591 g/mol. The standard InChI is InChI=1S/C30H34N6O5S/c1-4-19-15-20(16-21-17-31-29(35-27(19)21)32-22-9-11-23(12-10-22)33-30(37)38)24-13-14-26(34-28(24)41-3)36-42(39,40)25-8-6-5-7-18(25)2/h5-8,13-17,22-23,33H,4,9-12H2,1-3H3,(H,34,36)(H,37,38)(H,31,32,35). The van der Waals surface area contributed by atoms with Crippen LogP contribution in [0, 0.1) is 6.92 Å². The molecule has 1 saturated carbocycles. The van der Waals surface area contributed by atoms with E-state index < -0.39 is 16.1 Å². The van der Waals surface area contributed by atoms with Crippen LogP contribution in [-0.4, -0.2) is 53.8 Å². The number of nitrogens with one attached hydrogen (secondary N) is 3. The van der Waals surface area contributed by atoms with Crippen molar-refractivity contribution < 1.29 is 23.1 Å². The number of rotatable bonds is 9. The van der Waals surface area contributed by atoms with Crippen LogP contribution >= 0.6 is 0 Å². The number of ether oxygens (including phenoxy) is 1. The van der Waals surface area contributed by atoms with Crippen molar-refractivity contribution in [2.45, 2.75) is 62.9 Å². The molecule has 0 saturated heterocycles. The minimum atomic E-state index is -3.83. The van der Waals surface area contributed by atoms with E-state index in [1.807, 2.05) is 12.1 Å². The van der Waals surface area contributed by atoms with Crippen LogP contribution in [-0.2, 0) is 16.4 Å². The molecular weight excluding hydrogens is 556 g/mol. The maximum absolute atomic E-state index is 13.0. The zero-order chi connectivity index (χ0) is 29.9. The van der Waals surface area contributed by atoms with Gasteiger partial charge < -0.3 is 20.5 Å². The number of methoxy groups -OCH3 is 1. The summed E-state index contributed by atoms with van der Waals surface area (Å²) in [5, 5.41) is 15.8. The molecule has 1 amide bonds. The molecule has 1 aliphatic carbocycles. The highest BCUT2D eigenvalue weighted by molar-refractivity contribution is 7.92. The van der Waals surface area contributed by atoms with Crippen LogP contribution in [0.5, 0.6) is 5.88 Å². The van der Waals surface area contributed by atoms with Gasteiger partial charge >= 0.3 is 6.09 Å². The largest absolute Gasteiger partial charge is 0.480 e. The van der Waals surface area contributed by atoms with E-state index in [9.17, 15) is 13.2 Å². The van der Waals surface area contributed by atoms with E-state index in [0.29, 0.717) is 17.1 Å².